The van der Waals surface area contributed by atoms with Crippen molar-refractivity contribution < 1.29 is 0 Å². The Balaban J connectivity index is 2.97. The van der Waals surface area contributed by atoms with Crippen molar-refractivity contribution in [2.75, 3.05) is 11.9 Å². The maximum atomic E-state index is 8.55. The maximum absolute atomic E-state index is 8.55. The molecule has 1 N–H and O–H groups in total. The second kappa shape index (κ2) is 3.72. The lowest BCUT2D eigenvalue weighted by Gasteiger charge is -2.05. The summed E-state index contributed by atoms with van der Waals surface area (Å²) in [4.78, 5) is 4.09. The molecule has 0 spiro atoms. The number of pyridine rings is 1. The molecule has 0 aliphatic heterocycles. The number of nitrogens with zero attached hydrogens (tertiary/aromatic N) is 2. The number of aryl methyl sites for hydroxylation is 1. The predicted octanol–water partition coefficient (Wildman–Crippen LogP) is 1.69. The highest BCUT2D eigenvalue weighted by Gasteiger charge is 1.98. The van der Waals surface area contributed by atoms with Crippen molar-refractivity contribution in [3.63, 3.8) is 0 Å². The average Bonchev–Trinajstić information content (AvgIpc) is 2.09. The molecule has 1 aromatic rings. The highest BCUT2D eigenvalue weighted by molar-refractivity contribution is 5.48. The Labute approximate surface area is 72.1 Å². The molecule has 0 bridgehead atoms. The van der Waals surface area contributed by atoms with Crippen LogP contribution in [0.15, 0.2) is 12.1 Å². The molecule has 3 heteroatoms. The van der Waals surface area contributed by atoms with Crippen LogP contribution in [0.1, 0.15) is 18.3 Å². The van der Waals surface area contributed by atoms with Crippen LogP contribution in [0.2, 0.25) is 0 Å². The van der Waals surface area contributed by atoms with E-state index in [0.717, 1.165) is 17.9 Å². The zero-order valence-electron chi connectivity index (χ0n) is 7.26. The summed E-state index contributed by atoms with van der Waals surface area (Å²) in [6.07, 6.45) is 0. The van der Waals surface area contributed by atoms with E-state index in [1.165, 1.54) is 0 Å². The van der Waals surface area contributed by atoms with Gasteiger partial charge in [0.2, 0.25) is 0 Å². The maximum Gasteiger partial charge on any atom is 0.140 e. The molecule has 0 unspecified atom stereocenters. The first kappa shape index (κ1) is 8.54. The van der Waals surface area contributed by atoms with Crippen LogP contribution in [0.3, 0.4) is 0 Å². The van der Waals surface area contributed by atoms with Crippen LogP contribution in [-0.4, -0.2) is 11.5 Å². The molecule has 0 saturated heterocycles. The number of aromatic nitrogens is 1. The predicted molar refractivity (Wildman–Crippen MR) is 47.9 cm³/mol. The average molecular weight is 161 g/mol. The van der Waals surface area contributed by atoms with Crippen LogP contribution < -0.4 is 5.32 Å². The lowest BCUT2D eigenvalue weighted by Crippen LogP contribution is -2.00. The monoisotopic (exact) mass is 161 g/mol. The van der Waals surface area contributed by atoms with Gasteiger partial charge in [-0.15, -0.1) is 0 Å². The van der Waals surface area contributed by atoms with E-state index in [0.29, 0.717) is 5.69 Å². The van der Waals surface area contributed by atoms with Crippen LogP contribution >= 0.6 is 0 Å². The quantitative estimate of drug-likeness (QED) is 0.718. The van der Waals surface area contributed by atoms with Gasteiger partial charge in [-0.25, -0.2) is 4.98 Å². The van der Waals surface area contributed by atoms with Gasteiger partial charge in [-0.1, -0.05) is 0 Å². The molecular weight excluding hydrogens is 150 g/mol. The van der Waals surface area contributed by atoms with E-state index in [1.54, 1.807) is 6.07 Å². The van der Waals surface area contributed by atoms with E-state index in [9.17, 15) is 0 Å². The molecule has 0 fully saturated rings. The molecule has 1 heterocycles. The topological polar surface area (TPSA) is 48.7 Å². The van der Waals surface area contributed by atoms with Gasteiger partial charge in [-0.2, -0.15) is 5.26 Å². The van der Waals surface area contributed by atoms with Crippen molar-refractivity contribution in [2.45, 2.75) is 13.8 Å². The molecule has 0 amide bonds. The summed E-state index contributed by atoms with van der Waals surface area (Å²) in [6.45, 7) is 4.78. The van der Waals surface area contributed by atoms with Gasteiger partial charge in [0, 0.05) is 6.54 Å². The number of anilines is 1. The van der Waals surface area contributed by atoms with Gasteiger partial charge in [0.05, 0.1) is 11.4 Å². The molecule has 0 radical (unpaired) electrons. The fourth-order valence-corrected chi connectivity index (χ4v) is 1.00. The molecule has 1 rings (SSSR count). The molecule has 0 saturated carbocycles. The Hall–Kier alpha value is -1.56. The largest absolute Gasteiger partial charge is 0.384 e. The minimum atomic E-state index is 0.467. The SMILES string of the molecule is CCNc1ccc(C#N)nc1C. The van der Waals surface area contributed by atoms with Crippen molar-refractivity contribution in [2.24, 2.45) is 0 Å². The van der Waals surface area contributed by atoms with E-state index in [2.05, 4.69) is 10.3 Å². The van der Waals surface area contributed by atoms with Crippen LogP contribution in [0.4, 0.5) is 5.69 Å². The van der Waals surface area contributed by atoms with E-state index in [4.69, 9.17) is 5.26 Å². The van der Waals surface area contributed by atoms with E-state index in [-0.39, 0.29) is 0 Å². The summed E-state index contributed by atoms with van der Waals surface area (Å²) in [5.41, 5.74) is 2.33. The van der Waals surface area contributed by atoms with Gasteiger partial charge in [-0.05, 0) is 26.0 Å². The summed E-state index contributed by atoms with van der Waals surface area (Å²) in [7, 11) is 0. The van der Waals surface area contributed by atoms with E-state index >= 15 is 0 Å². The molecule has 0 aromatic carbocycles. The van der Waals surface area contributed by atoms with Crippen LogP contribution in [0.5, 0.6) is 0 Å². The fraction of sp³-hybridized carbons (Fsp3) is 0.333. The standard InChI is InChI=1S/C9H11N3/c1-3-11-9-5-4-8(6-10)12-7(9)2/h4-5,11H,3H2,1-2H3. The third kappa shape index (κ3) is 1.73. The second-order valence-corrected chi connectivity index (χ2v) is 2.47. The summed E-state index contributed by atoms with van der Waals surface area (Å²) >= 11 is 0. The minimum absolute atomic E-state index is 0.467. The van der Waals surface area contributed by atoms with Crippen molar-refractivity contribution in [1.29, 1.82) is 5.26 Å². The molecule has 62 valence electrons. The molecule has 12 heavy (non-hydrogen) atoms. The van der Waals surface area contributed by atoms with Gasteiger partial charge in [0.25, 0.3) is 0 Å². The Bertz CT molecular complexity index is 312. The second-order valence-electron chi connectivity index (χ2n) is 2.47. The van der Waals surface area contributed by atoms with Crippen LogP contribution in [0, 0.1) is 18.3 Å². The molecule has 1 aromatic heterocycles. The Morgan fingerprint density at radius 3 is 2.83 bits per heavy atom. The summed E-state index contributed by atoms with van der Waals surface area (Å²) < 4.78 is 0. The van der Waals surface area contributed by atoms with Crippen molar-refractivity contribution in [3.8, 4) is 6.07 Å². The lowest BCUT2D eigenvalue weighted by atomic mass is 10.3. The summed E-state index contributed by atoms with van der Waals surface area (Å²) in [6, 6.07) is 5.59. The minimum Gasteiger partial charge on any atom is -0.384 e. The Morgan fingerprint density at radius 1 is 1.58 bits per heavy atom. The van der Waals surface area contributed by atoms with Gasteiger partial charge in [-0.3, -0.25) is 0 Å². The number of hydrogen-bond donors (Lipinski definition) is 1. The molecular formula is C9H11N3. The zero-order valence-corrected chi connectivity index (χ0v) is 7.26. The molecule has 3 nitrogen and oxygen atoms in total. The third-order valence-corrected chi connectivity index (χ3v) is 1.57. The van der Waals surface area contributed by atoms with Crippen LogP contribution in [0.25, 0.3) is 0 Å². The number of nitrogens with one attached hydrogen (secondary N) is 1. The van der Waals surface area contributed by atoms with Gasteiger partial charge in [0.1, 0.15) is 11.8 Å². The summed E-state index contributed by atoms with van der Waals surface area (Å²) in [5, 5.41) is 11.7. The normalized spacial score (nSPS) is 9.08. The smallest absolute Gasteiger partial charge is 0.140 e. The molecule has 0 atom stereocenters. The molecule has 0 aliphatic rings. The number of nitriles is 1. The van der Waals surface area contributed by atoms with Crippen molar-refractivity contribution >= 4 is 5.69 Å². The Morgan fingerprint density at radius 2 is 2.33 bits per heavy atom. The highest BCUT2D eigenvalue weighted by atomic mass is 14.9. The van der Waals surface area contributed by atoms with Gasteiger partial charge >= 0.3 is 0 Å². The van der Waals surface area contributed by atoms with Crippen LogP contribution in [-0.2, 0) is 0 Å². The third-order valence-electron chi connectivity index (χ3n) is 1.57. The van der Waals surface area contributed by atoms with Crippen molar-refractivity contribution in [3.05, 3.63) is 23.5 Å². The van der Waals surface area contributed by atoms with Gasteiger partial charge in [0.15, 0.2) is 0 Å². The first-order chi connectivity index (χ1) is 5.77. The fourth-order valence-electron chi connectivity index (χ4n) is 1.00. The van der Waals surface area contributed by atoms with Gasteiger partial charge < -0.3 is 5.32 Å². The number of hydrogen-bond acceptors (Lipinski definition) is 3. The van der Waals surface area contributed by atoms with Crippen molar-refractivity contribution in [1.82, 2.24) is 4.98 Å². The van der Waals surface area contributed by atoms with E-state index < -0.39 is 0 Å². The molecule has 0 aliphatic carbocycles. The Kier molecular flexibility index (Phi) is 2.65. The first-order valence-corrected chi connectivity index (χ1v) is 3.89. The lowest BCUT2D eigenvalue weighted by molar-refractivity contribution is 1.12. The first-order valence-electron chi connectivity index (χ1n) is 3.89. The summed E-state index contributed by atoms with van der Waals surface area (Å²) in [5.74, 6) is 0. The zero-order chi connectivity index (χ0) is 8.97. The highest BCUT2D eigenvalue weighted by Crippen LogP contribution is 2.11. The van der Waals surface area contributed by atoms with E-state index in [1.807, 2.05) is 26.0 Å². The number of rotatable bonds is 2.